The lowest BCUT2D eigenvalue weighted by Gasteiger charge is -2.12. The lowest BCUT2D eigenvalue weighted by molar-refractivity contribution is 0.152. The molecule has 5 nitrogen and oxygen atoms in total. The maximum absolute atomic E-state index is 6.03. The minimum atomic E-state index is 0. The third-order valence-corrected chi connectivity index (χ3v) is 3.26. The highest BCUT2D eigenvalue weighted by atomic mass is 127. The van der Waals surface area contributed by atoms with Crippen LogP contribution in [0.15, 0.2) is 23.2 Å². The molecule has 1 aromatic carbocycles. The summed E-state index contributed by atoms with van der Waals surface area (Å²) in [5.74, 6) is 1.40. The minimum absolute atomic E-state index is 0. The molecule has 0 aliphatic heterocycles. The number of benzene rings is 1. The van der Waals surface area contributed by atoms with Gasteiger partial charge in [-0.15, -0.1) is 24.0 Å². The Labute approximate surface area is 165 Å². The Balaban J connectivity index is 0.00000484. The second kappa shape index (κ2) is 13.9. The highest BCUT2D eigenvalue weighted by Crippen LogP contribution is 2.27. The fourth-order valence-electron chi connectivity index (χ4n) is 1.66. The zero-order valence-electron chi connectivity index (χ0n) is 13.4. The van der Waals surface area contributed by atoms with Crippen LogP contribution in [0.25, 0.3) is 0 Å². The van der Waals surface area contributed by atoms with Gasteiger partial charge in [0.1, 0.15) is 5.75 Å². The molecular weight excluding hydrogens is 452 g/mol. The zero-order valence-corrected chi connectivity index (χ0v) is 17.2. The van der Waals surface area contributed by atoms with Crippen molar-refractivity contribution in [3.8, 4) is 5.75 Å². The second-order valence-electron chi connectivity index (χ2n) is 4.40. The number of hydrogen-bond acceptors (Lipinski definition) is 3. The molecular formula is C15H24Cl2IN3O2. The molecule has 132 valence electrons. The van der Waals surface area contributed by atoms with Gasteiger partial charge in [-0.25, -0.2) is 0 Å². The van der Waals surface area contributed by atoms with Crippen LogP contribution in [0.4, 0.5) is 0 Å². The molecule has 0 atom stereocenters. The number of guanidine groups is 1. The molecule has 0 aromatic heterocycles. The van der Waals surface area contributed by atoms with E-state index in [-0.39, 0.29) is 24.0 Å². The van der Waals surface area contributed by atoms with Crippen LogP contribution in [0.3, 0.4) is 0 Å². The van der Waals surface area contributed by atoms with Crippen LogP contribution in [0.1, 0.15) is 13.3 Å². The SMILES string of the molecule is CCOCCNC(=NC)NCCCOc1ccc(Cl)cc1Cl.I. The summed E-state index contributed by atoms with van der Waals surface area (Å²) in [6.45, 7) is 5.39. The van der Waals surface area contributed by atoms with Crippen molar-refractivity contribution in [2.24, 2.45) is 4.99 Å². The average Bonchev–Trinajstić information content (AvgIpc) is 2.51. The fraction of sp³-hybridized carbons (Fsp3) is 0.533. The summed E-state index contributed by atoms with van der Waals surface area (Å²) in [6, 6.07) is 5.19. The number of nitrogens with zero attached hydrogens (tertiary/aromatic N) is 1. The Bertz CT molecular complexity index is 476. The Morgan fingerprint density at radius 2 is 1.91 bits per heavy atom. The van der Waals surface area contributed by atoms with E-state index in [4.69, 9.17) is 32.7 Å². The molecule has 0 spiro atoms. The molecule has 1 rings (SSSR count). The van der Waals surface area contributed by atoms with E-state index in [0.717, 1.165) is 32.1 Å². The quantitative estimate of drug-likeness (QED) is 0.248. The van der Waals surface area contributed by atoms with Crippen molar-refractivity contribution in [3.05, 3.63) is 28.2 Å². The van der Waals surface area contributed by atoms with Gasteiger partial charge < -0.3 is 20.1 Å². The normalized spacial score (nSPS) is 10.9. The third-order valence-electron chi connectivity index (χ3n) is 2.73. The molecule has 0 aliphatic carbocycles. The summed E-state index contributed by atoms with van der Waals surface area (Å²) in [5, 5.41) is 7.49. The topological polar surface area (TPSA) is 54.9 Å². The van der Waals surface area contributed by atoms with Gasteiger partial charge in [0.15, 0.2) is 5.96 Å². The van der Waals surface area contributed by atoms with Crippen LogP contribution >= 0.6 is 47.2 Å². The molecule has 8 heteroatoms. The Hall–Kier alpha value is -0.440. The highest BCUT2D eigenvalue weighted by Gasteiger charge is 2.02. The maximum atomic E-state index is 6.03. The van der Waals surface area contributed by atoms with Gasteiger partial charge in [0, 0.05) is 31.8 Å². The van der Waals surface area contributed by atoms with Crippen molar-refractivity contribution < 1.29 is 9.47 Å². The molecule has 0 saturated carbocycles. The van der Waals surface area contributed by atoms with Gasteiger partial charge in [-0.3, -0.25) is 4.99 Å². The number of hydrogen-bond donors (Lipinski definition) is 2. The summed E-state index contributed by atoms with van der Waals surface area (Å²) in [4.78, 5) is 4.13. The molecule has 23 heavy (non-hydrogen) atoms. The van der Waals surface area contributed by atoms with Crippen LogP contribution in [-0.2, 0) is 4.74 Å². The van der Waals surface area contributed by atoms with Gasteiger partial charge in [0.05, 0.1) is 18.2 Å². The summed E-state index contributed by atoms with van der Waals surface area (Å²) in [5.41, 5.74) is 0. The van der Waals surface area contributed by atoms with Crippen LogP contribution in [0.5, 0.6) is 5.75 Å². The van der Waals surface area contributed by atoms with E-state index in [1.54, 1.807) is 25.2 Å². The predicted octanol–water partition coefficient (Wildman–Crippen LogP) is 3.58. The number of ether oxygens (including phenoxy) is 2. The summed E-state index contributed by atoms with van der Waals surface area (Å²) < 4.78 is 10.9. The Morgan fingerprint density at radius 1 is 1.17 bits per heavy atom. The molecule has 0 aliphatic rings. The lowest BCUT2D eigenvalue weighted by atomic mass is 10.3. The number of nitrogens with one attached hydrogen (secondary N) is 2. The molecule has 0 saturated heterocycles. The largest absolute Gasteiger partial charge is 0.492 e. The Kier molecular flexibility index (Phi) is 13.7. The first kappa shape index (κ1) is 22.6. The molecule has 0 amide bonds. The minimum Gasteiger partial charge on any atom is -0.492 e. The van der Waals surface area contributed by atoms with Gasteiger partial charge in [-0.1, -0.05) is 23.2 Å². The third kappa shape index (κ3) is 10.1. The lowest BCUT2D eigenvalue weighted by Crippen LogP contribution is -2.39. The molecule has 0 unspecified atom stereocenters. The van der Waals surface area contributed by atoms with Crippen molar-refractivity contribution in [2.45, 2.75) is 13.3 Å². The first-order chi connectivity index (χ1) is 10.7. The van der Waals surface area contributed by atoms with Gasteiger partial charge in [0.2, 0.25) is 0 Å². The number of aliphatic imine (C=N–C) groups is 1. The van der Waals surface area contributed by atoms with E-state index in [9.17, 15) is 0 Å². The molecule has 0 radical (unpaired) electrons. The molecule has 0 bridgehead atoms. The maximum Gasteiger partial charge on any atom is 0.191 e. The van der Waals surface area contributed by atoms with Crippen molar-refractivity contribution in [2.75, 3.05) is 40.0 Å². The van der Waals surface area contributed by atoms with Crippen molar-refractivity contribution in [1.29, 1.82) is 0 Å². The molecule has 0 fully saturated rings. The first-order valence-corrected chi connectivity index (χ1v) is 8.03. The van der Waals surface area contributed by atoms with E-state index >= 15 is 0 Å². The molecule has 1 aromatic rings. The fourth-order valence-corrected chi connectivity index (χ4v) is 2.12. The van der Waals surface area contributed by atoms with Crippen LogP contribution in [0.2, 0.25) is 10.0 Å². The molecule has 0 heterocycles. The standard InChI is InChI=1S/C15H23Cl2N3O2.HI/c1-3-21-10-8-20-15(18-2)19-7-4-9-22-14-6-5-12(16)11-13(14)17;/h5-6,11H,3-4,7-10H2,1-2H3,(H2,18,19,20);1H. The van der Waals surface area contributed by atoms with Crippen molar-refractivity contribution in [1.82, 2.24) is 10.6 Å². The first-order valence-electron chi connectivity index (χ1n) is 7.27. The summed E-state index contributed by atoms with van der Waals surface area (Å²) in [7, 11) is 1.74. The van der Waals surface area contributed by atoms with Gasteiger partial charge in [-0.05, 0) is 31.5 Å². The smallest absolute Gasteiger partial charge is 0.191 e. The zero-order chi connectivity index (χ0) is 16.2. The van der Waals surface area contributed by atoms with E-state index in [2.05, 4.69) is 15.6 Å². The van der Waals surface area contributed by atoms with Crippen molar-refractivity contribution >= 4 is 53.1 Å². The van der Waals surface area contributed by atoms with Crippen LogP contribution in [0, 0.1) is 0 Å². The van der Waals surface area contributed by atoms with Gasteiger partial charge in [-0.2, -0.15) is 0 Å². The summed E-state index contributed by atoms with van der Waals surface area (Å²) >= 11 is 11.9. The monoisotopic (exact) mass is 475 g/mol. The molecule has 2 N–H and O–H groups in total. The van der Waals surface area contributed by atoms with E-state index in [0.29, 0.717) is 29.0 Å². The number of rotatable bonds is 9. The Morgan fingerprint density at radius 3 is 2.57 bits per heavy atom. The van der Waals surface area contributed by atoms with E-state index in [1.165, 1.54) is 0 Å². The number of halogens is 3. The van der Waals surface area contributed by atoms with E-state index < -0.39 is 0 Å². The van der Waals surface area contributed by atoms with Crippen LogP contribution in [-0.4, -0.2) is 45.9 Å². The summed E-state index contributed by atoms with van der Waals surface area (Å²) in [6.07, 6.45) is 0.825. The van der Waals surface area contributed by atoms with Crippen LogP contribution < -0.4 is 15.4 Å². The predicted molar refractivity (Wildman–Crippen MR) is 108 cm³/mol. The van der Waals surface area contributed by atoms with Gasteiger partial charge >= 0.3 is 0 Å². The van der Waals surface area contributed by atoms with E-state index in [1.807, 2.05) is 6.92 Å². The highest BCUT2D eigenvalue weighted by molar-refractivity contribution is 14.0. The second-order valence-corrected chi connectivity index (χ2v) is 5.24. The average molecular weight is 476 g/mol. The van der Waals surface area contributed by atoms with Crippen molar-refractivity contribution in [3.63, 3.8) is 0 Å². The van der Waals surface area contributed by atoms with Gasteiger partial charge in [0.25, 0.3) is 0 Å².